The first-order valence-corrected chi connectivity index (χ1v) is 7.06. The van der Waals surface area contributed by atoms with Gasteiger partial charge in [0, 0.05) is 29.7 Å². The molecule has 0 aliphatic rings. The molecule has 6 nitrogen and oxygen atoms in total. The number of aryl methyl sites for hydroxylation is 1. The molecule has 0 unspecified atom stereocenters. The normalized spacial score (nSPS) is 10.5. The molecule has 3 aromatic rings. The Kier molecular flexibility index (Phi) is 4.16. The van der Waals surface area contributed by atoms with Gasteiger partial charge in [0.05, 0.1) is 6.61 Å². The minimum absolute atomic E-state index is 0.0851. The minimum atomic E-state index is -0.373. The van der Waals surface area contributed by atoms with Gasteiger partial charge >= 0.3 is 0 Å². The fraction of sp³-hybridized carbons (Fsp3) is 0.118. The summed E-state index contributed by atoms with van der Waals surface area (Å²) in [6.07, 6.45) is 3.29. The Bertz CT molecular complexity index is 828. The molecule has 23 heavy (non-hydrogen) atoms. The van der Waals surface area contributed by atoms with E-state index in [2.05, 4.69) is 15.5 Å². The highest BCUT2D eigenvalue weighted by Gasteiger charge is 2.15. The number of carbonyl (C=O) groups excluding carboxylic acids is 1. The van der Waals surface area contributed by atoms with Crippen molar-refractivity contribution in [2.24, 2.45) is 0 Å². The van der Waals surface area contributed by atoms with Gasteiger partial charge in [0.15, 0.2) is 11.5 Å². The van der Waals surface area contributed by atoms with Crippen molar-refractivity contribution in [3.63, 3.8) is 0 Å². The number of aromatic nitrogens is 2. The lowest BCUT2D eigenvalue weighted by Gasteiger charge is -2.08. The van der Waals surface area contributed by atoms with Crippen molar-refractivity contribution < 1.29 is 14.4 Å². The zero-order valence-electron chi connectivity index (χ0n) is 12.5. The van der Waals surface area contributed by atoms with Crippen LogP contribution in [0.25, 0.3) is 11.3 Å². The average Bonchev–Trinajstić information content (AvgIpc) is 3.08. The Morgan fingerprint density at radius 3 is 2.91 bits per heavy atom. The van der Waals surface area contributed by atoms with Gasteiger partial charge in [-0.05, 0) is 36.2 Å². The molecule has 0 bridgehead atoms. The molecule has 0 spiro atoms. The average molecular weight is 309 g/mol. The minimum Gasteiger partial charge on any atom is -0.392 e. The molecule has 2 aromatic heterocycles. The summed E-state index contributed by atoms with van der Waals surface area (Å²) in [5, 5.41) is 15.8. The molecule has 1 aromatic carbocycles. The number of rotatable bonds is 4. The highest BCUT2D eigenvalue weighted by molar-refractivity contribution is 6.03. The lowest BCUT2D eigenvalue weighted by Crippen LogP contribution is -2.13. The number of carbonyl (C=O) groups is 1. The molecule has 1 amide bonds. The number of nitrogens with one attached hydrogen (secondary N) is 1. The van der Waals surface area contributed by atoms with Gasteiger partial charge < -0.3 is 14.9 Å². The van der Waals surface area contributed by atoms with Crippen LogP contribution in [0.5, 0.6) is 0 Å². The monoisotopic (exact) mass is 309 g/mol. The van der Waals surface area contributed by atoms with Crippen LogP contribution >= 0.6 is 0 Å². The Labute approximate surface area is 132 Å². The van der Waals surface area contributed by atoms with Crippen molar-refractivity contribution in [3.05, 3.63) is 65.6 Å². The molecular weight excluding hydrogens is 294 g/mol. The number of aliphatic hydroxyl groups is 1. The second-order valence-corrected chi connectivity index (χ2v) is 5.08. The van der Waals surface area contributed by atoms with E-state index in [0.29, 0.717) is 11.4 Å². The molecule has 3 rings (SSSR count). The van der Waals surface area contributed by atoms with Gasteiger partial charge in [-0.1, -0.05) is 17.3 Å². The second-order valence-electron chi connectivity index (χ2n) is 5.08. The topological polar surface area (TPSA) is 88.2 Å². The van der Waals surface area contributed by atoms with Crippen molar-refractivity contribution in [2.75, 3.05) is 5.32 Å². The Morgan fingerprint density at radius 2 is 2.17 bits per heavy atom. The smallest absolute Gasteiger partial charge is 0.277 e. The van der Waals surface area contributed by atoms with E-state index in [4.69, 9.17) is 4.52 Å². The Balaban J connectivity index is 1.81. The maximum Gasteiger partial charge on any atom is 0.277 e. The zero-order valence-corrected chi connectivity index (χ0v) is 12.5. The van der Waals surface area contributed by atoms with Gasteiger partial charge in [-0.2, -0.15) is 0 Å². The fourth-order valence-corrected chi connectivity index (χ4v) is 2.12. The van der Waals surface area contributed by atoms with Crippen LogP contribution in [0.15, 0.2) is 53.3 Å². The molecule has 2 N–H and O–H groups in total. The number of nitrogens with zero attached hydrogens (tertiary/aromatic N) is 2. The maximum atomic E-state index is 12.3. The highest BCUT2D eigenvalue weighted by atomic mass is 16.5. The summed E-state index contributed by atoms with van der Waals surface area (Å²) in [6.45, 7) is 1.79. The molecule has 2 heterocycles. The van der Waals surface area contributed by atoms with Crippen LogP contribution in [0, 0.1) is 6.92 Å². The van der Waals surface area contributed by atoms with Crippen LogP contribution in [-0.4, -0.2) is 21.2 Å². The molecule has 116 valence electrons. The van der Waals surface area contributed by atoms with Crippen molar-refractivity contribution in [1.29, 1.82) is 0 Å². The van der Waals surface area contributed by atoms with E-state index in [0.717, 1.165) is 16.7 Å². The van der Waals surface area contributed by atoms with Gasteiger partial charge in [0.2, 0.25) is 0 Å². The van der Waals surface area contributed by atoms with E-state index in [9.17, 15) is 9.90 Å². The third kappa shape index (κ3) is 3.27. The lowest BCUT2D eigenvalue weighted by molar-refractivity contribution is 0.101. The standard InChI is InChI=1S/C17H15N3O3/c1-11-4-5-12(10-21)7-14(11)19-17(22)15-8-16(23-20-15)13-3-2-6-18-9-13/h2-9,21H,10H2,1H3,(H,19,22). The number of benzene rings is 1. The van der Waals surface area contributed by atoms with Crippen LogP contribution < -0.4 is 5.32 Å². The van der Waals surface area contributed by atoms with Gasteiger partial charge in [0.25, 0.3) is 5.91 Å². The maximum absolute atomic E-state index is 12.3. The van der Waals surface area contributed by atoms with Crippen LogP contribution in [0.3, 0.4) is 0 Å². The first kappa shape index (κ1) is 14.9. The fourth-order valence-electron chi connectivity index (χ4n) is 2.12. The molecule has 0 fully saturated rings. The molecule has 0 aliphatic heterocycles. The number of amides is 1. The summed E-state index contributed by atoms with van der Waals surface area (Å²) in [5.41, 5.74) is 3.18. The zero-order chi connectivity index (χ0) is 16.2. The number of pyridine rings is 1. The SMILES string of the molecule is Cc1ccc(CO)cc1NC(=O)c1cc(-c2cccnc2)on1. The van der Waals surface area contributed by atoms with E-state index in [-0.39, 0.29) is 18.2 Å². The van der Waals surface area contributed by atoms with Crippen LogP contribution in [0.4, 0.5) is 5.69 Å². The third-order valence-corrected chi connectivity index (χ3v) is 3.42. The molecule has 6 heteroatoms. The van der Waals surface area contributed by atoms with Gasteiger partial charge in [-0.15, -0.1) is 0 Å². The lowest BCUT2D eigenvalue weighted by atomic mass is 10.1. The molecular formula is C17H15N3O3. The summed E-state index contributed by atoms with van der Waals surface area (Å²) in [7, 11) is 0. The van der Waals surface area contributed by atoms with E-state index >= 15 is 0 Å². The predicted molar refractivity (Wildman–Crippen MR) is 84.8 cm³/mol. The van der Waals surface area contributed by atoms with E-state index in [1.165, 1.54) is 0 Å². The molecule has 0 aliphatic carbocycles. The molecule has 0 radical (unpaired) electrons. The van der Waals surface area contributed by atoms with Gasteiger partial charge in [0.1, 0.15) is 0 Å². The largest absolute Gasteiger partial charge is 0.392 e. The van der Waals surface area contributed by atoms with E-state index in [1.54, 1.807) is 30.6 Å². The van der Waals surface area contributed by atoms with E-state index < -0.39 is 0 Å². The summed E-state index contributed by atoms with van der Waals surface area (Å²) in [4.78, 5) is 16.3. The first-order valence-electron chi connectivity index (χ1n) is 7.06. The number of hydrogen-bond donors (Lipinski definition) is 2. The van der Waals surface area contributed by atoms with Crippen molar-refractivity contribution in [2.45, 2.75) is 13.5 Å². The number of hydrogen-bond acceptors (Lipinski definition) is 5. The summed E-state index contributed by atoms with van der Waals surface area (Å²) in [6, 6.07) is 10.5. The Hall–Kier alpha value is -2.99. The van der Waals surface area contributed by atoms with Crippen molar-refractivity contribution in [3.8, 4) is 11.3 Å². The van der Waals surface area contributed by atoms with Crippen molar-refractivity contribution >= 4 is 11.6 Å². The van der Waals surface area contributed by atoms with E-state index in [1.807, 2.05) is 25.1 Å². The summed E-state index contributed by atoms with van der Waals surface area (Å²) in [5.74, 6) is 0.103. The van der Waals surface area contributed by atoms with Gasteiger partial charge in [-0.25, -0.2) is 0 Å². The molecule has 0 saturated carbocycles. The quantitative estimate of drug-likeness (QED) is 0.773. The number of anilines is 1. The second kappa shape index (κ2) is 6.41. The first-order chi connectivity index (χ1) is 11.2. The number of aliphatic hydroxyl groups excluding tert-OH is 1. The highest BCUT2D eigenvalue weighted by Crippen LogP contribution is 2.21. The summed E-state index contributed by atoms with van der Waals surface area (Å²) >= 11 is 0. The summed E-state index contributed by atoms with van der Waals surface area (Å²) < 4.78 is 5.19. The van der Waals surface area contributed by atoms with Crippen LogP contribution in [0.2, 0.25) is 0 Å². The third-order valence-electron chi connectivity index (χ3n) is 3.42. The molecule has 0 atom stereocenters. The Morgan fingerprint density at radius 1 is 1.30 bits per heavy atom. The van der Waals surface area contributed by atoms with Gasteiger partial charge in [-0.3, -0.25) is 9.78 Å². The van der Waals surface area contributed by atoms with Crippen LogP contribution in [-0.2, 0) is 6.61 Å². The predicted octanol–water partition coefficient (Wildman–Crippen LogP) is 2.79. The van der Waals surface area contributed by atoms with Crippen LogP contribution in [0.1, 0.15) is 21.6 Å². The molecule has 0 saturated heterocycles. The van der Waals surface area contributed by atoms with Crippen molar-refractivity contribution in [1.82, 2.24) is 10.1 Å².